The Labute approximate surface area is 189 Å². The number of nitrogens with two attached hydrogens (primary N) is 1. The Hall–Kier alpha value is -3.38. The number of carbonyl (C=O) groups is 2. The number of anilines is 1. The summed E-state index contributed by atoms with van der Waals surface area (Å²) in [5.41, 5.74) is 8.64. The molecule has 6 nitrogen and oxygen atoms in total. The molecule has 6 heteroatoms. The lowest BCUT2D eigenvalue weighted by molar-refractivity contribution is -0.139. The molecule has 170 valence electrons. The molecule has 3 rings (SSSR count). The van der Waals surface area contributed by atoms with Gasteiger partial charge < -0.3 is 21.3 Å². The Bertz CT molecular complexity index is 1050. The van der Waals surface area contributed by atoms with Crippen LogP contribution < -0.4 is 11.1 Å². The topological polar surface area (TPSA) is 113 Å². The normalized spacial score (nSPS) is 12.9. The maximum atomic E-state index is 10.8. The molecule has 0 aliphatic heterocycles. The first-order valence-corrected chi connectivity index (χ1v) is 10.5. The predicted molar refractivity (Wildman–Crippen MR) is 129 cm³/mol. The van der Waals surface area contributed by atoms with Gasteiger partial charge in [0, 0.05) is 11.1 Å². The highest BCUT2D eigenvalue weighted by atomic mass is 16.4. The van der Waals surface area contributed by atoms with Gasteiger partial charge in [-0.25, -0.2) is 0 Å². The van der Waals surface area contributed by atoms with Gasteiger partial charge in [-0.3, -0.25) is 9.59 Å². The molecular formula is C26H32N2O4. The van der Waals surface area contributed by atoms with Gasteiger partial charge >= 0.3 is 11.9 Å². The zero-order chi connectivity index (χ0) is 23.9. The van der Waals surface area contributed by atoms with E-state index >= 15 is 0 Å². The van der Waals surface area contributed by atoms with Crippen LogP contribution >= 0.6 is 0 Å². The third kappa shape index (κ3) is 7.10. The molecule has 3 aromatic carbocycles. The lowest BCUT2D eigenvalue weighted by atomic mass is 9.86. The average molecular weight is 437 g/mol. The SMILES string of the molecule is CC(C)(C)c1ccc(C[C@H](N)C(=O)O)cc1.C[C@H](Nc1cccc2ccccc12)C(=O)O. The number of carboxylic acid groups (broad SMARTS) is 2. The lowest BCUT2D eigenvalue weighted by Gasteiger charge is -2.19. The first kappa shape index (κ1) is 24.9. The molecule has 0 amide bonds. The number of fused-ring (bicyclic) bond motifs is 1. The van der Waals surface area contributed by atoms with Crippen molar-refractivity contribution in [2.45, 2.75) is 51.6 Å². The molecule has 0 spiro atoms. The number of rotatable bonds is 6. The van der Waals surface area contributed by atoms with Gasteiger partial charge in [0.25, 0.3) is 0 Å². The van der Waals surface area contributed by atoms with Crippen molar-refractivity contribution in [1.29, 1.82) is 0 Å². The highest BCUT2D eigenvalue weighted by molar-refractivity contribution is 5.95. The minimum atomic E-state index is -0.958. The fourth-order valence-corrected chi connectivity index (χ4v) is 3.13. The summed E-state index contributed by atoms with van der Waals surface area (Å²) in [7, 11) is 0. The fraction of sp³-hybridized carbons (Fsp3) is 0.308. The molecule has 0 saturated heterocycles. The highest BCUT2D eigenvalue weighted by Crippen LogP contribution is 2.24. The quantitative estimate of drug-likeness (QED) is 0.447. The van der Waals surface area contributed by atoms with Crippen molar-refractivity contribution in [3.63, 3.8) is 0 Å². The van der Waals surface area contributed by atoms with Gasteiger partial charge in [0.15, 0.2) is 0 Å². The Morgan fingerprint density at radius 1 is 0.906 bits per heavy atom. The van der Waals surface area contributed by atoms with Gasteiger partial charge in [-0.05, 0) is 41.3 Å². The van der Waals surface area contributed by atoms with Gasteiger partial charge in [0.05, 0.1) is 0 Å². The summed E-state index contributed by atoms with van der Waals surface area (Å²) in [5.74, 6) is -1.81. The van der Waals surface area contributed by atoms with Crippen molar-refractivity contribution in [2.24, 2.45) is 5.73 Å². The van der Waals surface area contributed by atoms with Crippen molar-refractivity contribution < 1.29 is 19.8 Å². The molecule has 0 aromatic heterocycles. The molecule has 5 N–H and O–H groups in total. The van der Waals surface area contributed by atoms with Gasteiger partial charge in [-0.1, -0.05) is 81.4 Å². The molecule has 2 atom stereocenters. The van der Waals surface area contributed by atoms with E-state index in [1.54, 1.807) is 6.92 Å². The van der Waals surface area contributed by atoms with Crippen LogP contribution in [0.2, 0.25) is 0 Å². The van der Waals surface area contributed by atoms with E-state index in [2.05, 4.69) is 26.1 Å². The zero-order valence-corrected chi connectivity index (χ0v) is 19.0. The third-order valence-corrected chi connectivity index (χ3v) is 5.12. The minimum absolute atomic E-state index is 0.118. The maximum Gasteiger partial charge on any atom is 0.325 e. The molecule has 0 aliphatic rings. The average Bonchev–Trinajstić information content (AvgIpc) is 2.74. The summed E-state index contributed by atoms with van der Waals surface area (Å²) in [6.07, 6.45) is 0.375. The van der Waals surface area contributed by atoms with Gasteiger partial charge in [0.2, 0.25) is 0 Å². The van der Waals surface area contributed by atoms with Crippen LogP contribution in [-0.4, -0.2) is 34.2 Å². The summed E-state index contributed by atoms with van der Waals surface area (Å²) in [4.78, 5) is 21.4. The second-order valence-corrected chi connectivity index (χ2v) is 8.83. The number of nitrogens with one attached hydrogen (secondary N) is 1. The van der Waals surface area contributed by atoms with Crippen LogP contribution in [0.25, 0.3) is 10.8 Å². The summed E-state index contributed by atoms with van der Waals surface area (Å²) in [5, 5.41) is 22.7. The molecule has 0 bridgehead atoms. The first-order chi connectivity index (χ1) is 15.0. The zero-order valence-electron chi connectivity index (χ0n) is 19.0. The van der Waals surface area contributed by atoms with Crippen LogP contribution in [0.4, 0.5) is 5.69 Å². The number of hydrogen-bond acceptors (Lipinski definition) is 4. The molecule has 3 aromatic rings. The fourth-order valence-electron chi connectivity index (χ4n) is 3.13. The van der Waals surface area contributed by atoms with Crippen molar-refractivity contribution in [3.05, 3.63) is 77.9 Å². The number of carboxylic acids is 2. The predicted octanol–water partition coefficient (Wildman–Crippen LogP) is 4.66. The third-order valence-electron chi connectivity index (χ3n) is 5.12. The van der Waals surface area contributed by atoms with Crippen LogP contribution in [0.5, 0.6) is 0 Å². The summed E-state index contributed by atoms with van der Waals surface area (Å²) in [6, 6.07) is 20.3. The molecule has 0 fully saturated rings. The van der Waals surface area contributed by atoms with E-state index in [0.717, 1.165) is 22.0 Å². The van der Waals surface area contributed by atoms with Crippen LogP contribution in [0, 0.1) is 0 Å². The van der Waals surface area contributed by atoms with Crippen molar-refractivity contribution in [3.8, 4) is 0 Å². The standard InChI is InChI=1S/C13H13NO2.C13H19NO2/c1-9(13(15)16)14-12-8-4-6-10-5-2-3-7-11(10)12;1-13(2,3)10-6-4-9(5-7-10)8-11(14)12(15)16/h2-9,14H,1H3,(H,15,16);4-7,11H,8,14H2,1-3H3,(H,15,16)/t9-;11-/m00/s1. The Balaban J connectivity index is 0.000000227. The molecule has 0 unspecified atom stereocenters. The van der Waals surface area contributed by atoms with E-state index in [4.69, 9.17) is 15.9 Å². The van der Waals surface area contributed by atoms with Crippen LogP contribution in [0.1, 0.15) is 38.8 Å². The first-order valence-electron chi connectivity index (χ1n) is 10.5. The van der Waals surface area contributed by atoms with Crippen molar-refractivity contribution in [1.82, 2.24) is 0 Å². The van der Waals surface area contributed by atoms with Crippen LogP contribution in [-0.2, 0) is 21.4 Å². The molecule has 0 saturated carbocycles. The second-order valence-electron chi connectivity index (χ2n) is 8.83. The van der Waals surface area contributed by atoms with Crippen molar-refractivity contribution in [2.75, 3.05) is 5.32 Å². The number of hydrogen-bond donors (Lipinski definition) is 4. The minimum Gasteiger partial charge on any atom is -0.480 e. The molecule has 0 radical (unpaired) electrons. The maximum absolute atomic E-state index is 10.8. The summed E-state index contributed by atoms with van der Waals surface area (Å²) in [6.45, 7) is 8.06. The van der Waals surface area contributed by atoms with E-state index in [1.165, 1.54) is 5.56 Å². The van der Waals surface area contributed by atoms with Gasteiger partial charge in [0.1, 0.15) is 12.1 Å². The number of aliphatic carboxylic acids is 2. The van der Waals surface area contributed by atoms with E-state index < -0.39 is 24.0 Å². The Morgan fingerprint density at radius 3 is 2.06 bits per heavy atom. The van der Waals surface area contributed by atoms with E-state index in [0.29, 0.717) is 6.42 Å². The smallest absolute Gasteiger partial charge is 0.325 e. The van der Waals surface area contributed by atoms with Crippen molar-refractivity contribution >= 4 is 28.4 Å². The molecule has 0 heterocycles. The summed E-state index contributed by atoms with van der Waals surface area (Å²) < 4.78 is 0. The summed E-state index contributed by atoms with van der Waals surface area (Å²) >= 11 is 0. The molecule has 32 heavy (non-hydrogen) atoms. The Morgan fingerprint density at radius 2 is 1.50 bits per heavy atom. The van der Waals surface area contributed by atoms with E-state index in [-0.39, 0.29) is 5.41 Å². The van der Waals surface area contributed by atoms with E-state index in [9.17, 15) is 9.59 Å². The molecule has 0 aliphatic carbocycles. The Kier molecular flexibility index (Phi) is 8.38. The second kappa shape index (κ2) is 10.8. The van der Waals surface area contributed by atoms with Gasteiger partial charge in [-0.15, -0.1) is 0 Å². The number of benzene rings is 3. The monoisotopic (exact) mass is 436 g/mol. The van der Waals surface area contributed by atoms with Crippen LogP contribution in [0.3, 0.4) is 0 Å². The molecular weight excluding hydrogens is 404 g/mol. The van der Waals surface area contributed by atoms with Gasteiger partial charge in [-0.2, -0.15) is 0 Å². The van der Waals surface area contributed by atoms with Crippen LogP contribution in [0.15, 0.2) is 66.7 Å². The lowest BCUT2D eigenvalue weighted by Crippen LogP contribution is -2.32. The van der Waals surface area contributed by atoms with E-state index in [1.807, 2.05) is 66.7 Å². The largest absolute Gasteiger partial charge is 0.480 e. The highest BCUT2D eigenvalue weighted by Gasteiger charge is 2.15.